The van der Waals surface area contributed by atoms with Gasteiger partial charge < -0.3 is 5.73 Å². The summed E-state index contributed by atoms with van der Waals surface area (Å²) in [5.74, 6) is -0.299. The average molecular weight is 257 g/mol. The first-order valence-electron chi connectivity index (χ1n) is 5.71. The minimum atomic E-state index is -0.299. The molecule has 0 aliphatic rings. The van der Waals surface area contributed by atoms with Gasteiger partial charge in [0.2, 0.25) is 5.91 Å². The smallest absolute Gasteiger partial charge is 0.221 e. The molecule has 0 radical (unpaired) electrons. The first kappa shape index (κ1) is 12.7. The van der Waals surface area contributed by atoms with Gasteiger partial charge in [-0.3, -0.25) is 4.79 Å². The molecule has 0 aliphatic heterocycles. The summed E-state index contributed by atoms with van der Waals surface area (Å²) in [6.07, 6.45) is 2.36. The molecule has 92 valence electrons. The summed E-state index contributed by atoms with van der Waals surface area (Å²) >= 11 is 1.73. The lowest BCUT2D eigenvalue weighted by Crippen LogP contribution is -2.13. The van der Waals surface area contributed by atoms with Gasteiger partial charge in [-0.1, -0.05) is 36.4 Å². The largest absolute Gasteiger partial charge is 0.369 e. The van der Waals surface area contributed by atoms with E-state index < -0.39 is 0 Å². The quantitative estimate of drug-likeness (QED) is 0.855. The van der Waals surface area contributed by atoms with E-state index in [0.717, 1.165) is 11.1 Å². The van der Waals surface area contributed by atoms with E-state index in [1.807, 2.05) is 24.3 Å². The lowest BCUT2D eigenvalue weighted by Gasteiger charge is -2.05. The fraction of sp³-hybridized carbons (Fsp3) is 0.133. The molecule has 0 saturated heterocycles. The molecule has 0 unspecified atom stereocenters. The number of rotatable bonds is 4. The van der Waals surface area contributed by atoms with Gasteiger partial charge in [0, 0.05) is 4.90 Å². The minimum Gasteiger partial charge on any atom is -0.369 e. The van der Waals surface area contributed by atoms with E-state index in [0.29, 0.717) is 6.42 Å². The third kappa shape index (κ3) is 3.14. The van der Waals surface area contributed by atoms with Crippen molar-refractivity contribution < 1.29 is 4.79 Å². The van der Waals surface area contributed by atoms with E-state index in [4.69, 9.17) is 5.73 Å². The Morgan fingerprint density at radius 3 is 2.44 bits per heavy atom. The summed E-state index contributed by atoms with van der Waals surface area (Å²) < 4.78 is 0. The Morgan fingerprint density at radius 2 is 1.83 bits per heavy atom. The maximum absolute atomic E-state index is 10.8. The lowest BCUT2D eigenvalue weighted by molar-refractivity contribution is -0.117. The van der Waals surface area contributed by atoms with Gasteiger partial charge in [-0.15, -0.1) is 11.8 Å². The van der Waals surface area contributed by atoms with Crippen LogP contribution in [0.25, 0.3) is 11.1 Å². The van der Waals surface area contributed by atoms with Crippen LogP contribution in [-0.2, 0) is 11.2 Å². The highest BCUT2D eigenvalue weighted by molar-refractivity contribution is 7.98. The molecule has 2 N–H and O–H groups in total. The van der Waals surface area contributed by atoms with Crippen LogP contribution in [0.5, 0.6) is 0 Å². The normalized spacial score (nSPS) is 10.3. The number of primary amides is 1. The number of thioether (sulfide) groups is 1. The molecule has 2 rings (SSSR count). The highest BCUT2D eigenvalue weighted by atomic mass is 32.2. The van der Waals surface area contributed by atoms with Crippen LogP contribution < -0.4 is 5.73 Å². The number of hydrogen-bond acceptors (Lipinski definition) is 2. The Labute approximate surface area is 111 Å². The Kier molecular flexibility index (Phi) is 4.05. The van der Waals surface area contributed by atoms with Crippen molar-refractivity contribution in [1.29, 1.82) is 0 Å². The Balaban J connectivity index is 2.25. The molecule has 0 bridgehead atoms. The third-order valence-electron chi connectivity index (χ3n) is 2.74. The molecule has 0 aliphatic carbocycles. The van der Waals surface area contributed by atoms with Crippen molar-refractivity contribution >= 4 is 17.7 Å². The van der Waals surface area contributed by atoms with E-state index in [1.54, 1.807) is 11.8 Å². The second-order valence-electron chi connectivity index (χ2n) is 4.07. The molecule has 0 fully saturated rings. The standard InChI is InChI=1S/C15H15NOS/c1-18-14-4-2-3-13(10-14)12-7-5-11(6-8-12)9-15(16)17/h2-8,10H,9H2,1H3,(H2,16,17). The number of amides is 1. The van der Waals surface area contributed by atoms with Gasteiger partial charge in [0.15, 0.2) is 0 Å². The first-order valence-corrected chi connectivity index (χ1v) is 6.93. The van der Waals surface area contributed by atoms with Crippen LogP contribution in [0.3, 0.4) is 0 Å². The van der Waals surface area contributed by atoms with E-state index in [1.165, 1.54) is 10.5 Å². The predicted octanol–water partition coefficient (Wildman–Crippen LogP) is 3.10. The van der Waals surface area contributed by atoms with Crippen LogP contribution in [0.15, 0.2) is 53.4 Å². The molecular weight excluding hydrogens is 242 g/mol. The fourth-order valence-electron chi connectivity index (χ4n) is 1.82. The maximum Gasteiger partial charge on any atom is 0.221 e. The fourth-order valence-corrected chi connectivity index (χ4v) is 2.28. The van der Waals surface area contributed by atoms with Crippen molar-refractivity contribution in [1.82, 2.24) is 0 Å². The molecule has 0 aromatic heterocycles. The zero-order chi connectivity index (χ0) is 13.0. The van der Waals surface area contributed by atoms with Gasteiger partial charge in [0.25, 0.3) is 0 Å². The molecule has 2 nitrogen and oxygen atoms in total. The second kappa shape index (κ2) is 5.74. The maximum atomic E-state index is 10.8. The van der Waals surface area contributed by atoms with Crippen molar-refractivity contribution in [3.63, 3.8) is 0 Å². The molecule has 3 heteroatoms. The van der Waals surface area contributed by atoms with Crippen LogP contribution in [0.2, 0.25) is 0 Å². The number of benzene rings is 2. The highest BCUT2D eigenvalue weighted by Gasteiger charge is 2.01. The second-order valence-corrected chi connectivity index (χ2v) is 4.95. The monoisotopic (exact) mass is 257 g/mol. The van der Waals surface area contributed by atoms with Crippen LogP contribution >= 0.6 is 11.8 Å². The topological polar surface area (TPSA) is 43.1 Å². The molecular formula is C15H15NOS. The Morgan fingerprint density at radius 1 is 1.11 bits per heavy atom. The number of carbonyl (C=O) groups is 1. The number of carbonyl (C=O) groups excluding carboxylic acids is 1. The van der Waals surface area contributed by atoms with Gasteiger partial charge in [-0.2, -0.15) is 0 Å². The van der Waals surface area contributed by atoms with Crippen molar-refractivity contribution in [2.45, 2.75) is 11.3 Å². The van der Waals surface area contributed by atoms with Crippen molar-refractivity contribution in [3.8, 4) is 11.1 Å². The van der Waals surface area contributed by atoms with Crippen LogP contribution in [-0.4, -0.2) is 12.2 Å². The average Bonchev–Trinajstić information content (AvgIpc) is 2.39. The SMILES string of the molecule is CSc1cccc(-c2ccc(CC(N)=O)cc2)c1. The molecule has 0 spiro atoms. The third-order valence-corrected chi connectivity index (χ3v) is 3.46. The summed E-state index contributed by atoms with van der Waals surface area (Å²) in [6.45, 7) is 0. The van der Waals surface area contributed by atoms with Gasteiger partial charge >= 0.3 is 0 Å². The highest BCUT2D eigenvalue weighted by Crippen LogP contribution is 2.24. The van der Waals surface area contributed by atoms with Crippen molar-refractivity contribution in [2.24, 2.45) is 5.73 Å². The molecule has 0 atom stereocenters. The summed E-state index contributed by atoms with van der Waals surface area (Å²) in [6, 6.07) is 16.3. The molecule has 2 aromatic rings. The van der Waals surface area contributed by atoms with E-state index >= 15 is 0 Å². The zero-order valence-electron chi connectivity index (χ0n) is 10.2. The molecule has 0 saturated carbocycles. The molecule has 1 amide bonds. The van der Waals surface area contributed by atoms with Crippen molar-refractivity contribution in [2.75, 3.05) is 6.26 Å². The minimum absolute atomic E-state index is 0.297. The van der Waals surface area contributed by atoms with Gasteiger partial charge in [-0.05, 0) is 35.1 Å². The van der Waals surface area contributed by atoms with Crippen LogP contribution in [0.4, 0.5) is 0 Å². The van der Waals surface area contributed by atoms with Gasteiger partial charge in [0.05, 0.1) is 6.42 Å². The van der Waals surface area contributed by atoms with Crippen LogP contribution in [0, 0.1) is 0 Å². The van der Waals surface area contributed by atoms with E-state index in [-0.39, 0.29) is 5.91 Å². The lowest BCUT2D eigenvalue weighted by atomic mass is 10.0. The summed E-state index contributed by atoms with van der Waals surface area (Å²) in [4.78, 5) is 12.1. The zero-order valence-corrected chi connectivity index (χ0v) is 11.0. The van der Waals surface area contributed by atoms with Gasteiger partial charge in [0.1, 0.15) is 0 Å². The summed E-state index contributed by atoms with van der Waals surface area (Å²) in [5.41, 5.74) is 8.46. The summed E-state index contributed by atoms with van der Waals surface area (Å²) in [7, 11) is 0. The predicted molar refractivity (Wildman–Crippen MR) is 76.6 cm³/mol. The van der Waals surface area contributed by atoms with Gasteiger partial charge in [-0.25, -0.2) is 0 Å². The summed E-state index contributed by atoms with van der Waals surface area (Å²) in [5, 5.41) is 0. The Hall–Kier alpha value is -1.74. The van der Waals surface area contributed by atoms with Crippen molar-refractivity contribution in [3.05, 3.63) is 54.1 Å². The molecule has 2 aromatic carbocycles. The van der Waals surface area contributed by atoms with E-state index in [9.17, 15) is 4.79 Å². The number of hydrogen-bond donors (Lipinski definition) is 1. The molecule has 18 heavy (non-hydrogen) atoms. The molecule has 0 heterocycles. The van der Waals surface area contributed by atoms with Crippen LogP contribution in [0.1, 0.15) is 5.56 Å². The first-order chi connectivity index (χ1) is 8.69. The number of nitrogens with two attached hydrogens (primary N) is 1. The Bertz CT molecular complexity index is 549. The van der Waals surface area contributed by atoms with E-state index in [2.05, 4.69) is 30.5 Å².